The van der Waals surface area contributed by atoms with Gasteiger partial charge in [0.15, 0.2) is 22.1 Å². The van der Waals surface area contributed by atoms with E-state index in [1.165, 1.54) is 0 Å². The number of carbonyl (C=O) groups excluding carboxylic acids is 1. The van der Waals surface area contributed by atoms with Crippen LogP contribution < -0.4 is 19.5 Å². The zero-order valence-corrected chi connectivity index (χ0v) is 20.6. The molecule has 0 aliphatic carbocycles. The van der Waals surface area contributed by atoms with E-state index in [1.807, 2.05) is 54.0 Å². The average molecular weight is 487 g/mol. The number of methoxy groups -OCH3 is 3. The summed E-state index contributed by atoms with van der Waals surface area (Å²) in [5.41, 5.74) is 1.78. The number of nitrogens with zero attached hydrogens (tertiary/aromatic N) is 2. The van der Waals surface area contributed by atoms with Gasteiger partial charge in [-0.15, -0.1) is 0 Å². The summed E-state index contributed by atoms with van der Waals surface area (Å²) in [7, 11) is 4.82. The zero-order valence-electron chi connectivity index (χ0n) is 19.8. The number of rotatable bonds is 12. The Kier molecular flexibility index (Phi) is 9.06. The predicted molar refractivity (Wildman–Crippen MR) is 131 cm³/mol. The fourth-order valence-corrected chi connectivity index (χ4v) is 3.63. The van der Waals surface area contributed by atoms with Gasteiger partial charge in [0, 0.05) is 25.6 Å². The lowest BCUT2D eigenvalue weighted by molar-refractivity contribution is -0.121. The second kappa shape index (κ2) is 12.2. The Balaban J connectivity index is 1.62. The molecule has 182 valence electrons. The van der Waals surface area contributed by atoms with Crippen molar-refractivity contribution in [3.8, 4) is 28.6 Å². The monoisotopic (exact) mass is 486 g/mol. The van der Waals surface area contributed by atoms with E-state index in [-0.39, 0.29) is 18.4 Å². The van der Waals surface area contributed by atoms with Crippen LogP contribution in [0.3, 0.4) is 0 Å². The number of amides is 1. The minimum absolute atomic E-state index is 0.101. The van der Waals surface area contributed by atoms with Gasteiger partial charge in [0.1, 0.15) is 12.4 Å². The lowest BCUT2D eigenvalue weighted by Crippen LogP contribution is -2.27. The lowest BCUT2D eigenvalue weighted by atomic mass is 10.1. The largest absolute Gasteiger partial charge is 0.497 e. The smallest absolute Gasteiger partial charge is 0.222 e. The van der Waals surface area contributed by atoms with E-state index in [1.54, 1.807) is 21.3 Å². The molecule has 2 N–H and O–H groups in total. The van der Waals surface area contributed by atoms with Crippen molar-refractivity contribution in [1.82, 2.24) is 20.1 Å². The quantitative estimate of drug-likeness (QED) is 0.296. The van der Waals surface area contributed by atoms with Crippen LogP contribution in [0.2, 0.25) is 0 Å². The molecule has 0 saturated heterocycles. The van der Waals surface area contributed by atoms with Gasteiger partial charge in [0.25, 0.3) is 0 Å². The van der Waals surface area contributed by atoms with Crippen LogP contribution in [0.15, 0.2) is 42.5 Å². The van der Waals surface area contributed by atoms with Crippen LogP contribution in [0.4, 0.5) is 0 Å². The standard InChI is InChI=1S/C24H30N4O5S/c1-16(18-7-10-20(21(15-18)32-4)33-14-13-30-2)25-22(29)11-12-28-23(26-27-24(28)34)17-5-8-19(31-3)9-6-17/h5-10,15-16H,11-14H2,1-4H3,(H,25,29)(H,27,34). The third-order valence-electron chi connectivity index (χ3n) is 5.28. The average Bonchev–Trinajstić information content (AvgIpc) is 3.23. The fraction of sp³-hybridized carbons (Fsp3) is 0.375. The van der Waals surface area contributed by atoms with Gasteiger partial charge in [-0.25, -0.2) is 0 Å². The van der Waals surface area contributed by atoms with E-state index >= 15 is 0 Å². The molecule has 1 heterocycles. The number of hydrogen-bond acceptors (Lipinski definition) is 7. The van der Waals surface area contributed by atoms with E-state index in [2.05, 4.69) is 15.5 Å². The minimum atomic E-state index is -0.215. The molecule has 0 fully saturated rings. The second-order valence-corrected chi connectivity index (χ2v) is 7.91. The summed E-state index contributed by atoms with van der Waals surface area (Å²) in [4.78, 5) is 12.7. The molecule has 1 atom stereocenters. The highest BCUT2D eigenvalue weighted by atomic mass is 32.1. The Morgan fingerprint density at radius 3 is 2.53 bits per heavy atom. The maximum Gasteiger partial charge on any atom is 0.222 e. The first-order valence-corrected chi connectivity index (χ1v) is 11.3. The Morgan fingerprint density at radius 2 is 1.85 bits per heavy atom. The van der Waals surface area contributed by atoms with Crippen molar-refractivity contribution in [2.24, 2.45) is 0 Å². The number of hydrogen-bond donors (Lipinski definition) is 2. The van der Waals surface area contributed by atoms with Crippen molar-refractivity contribution < 1.29 is 23.7 Å². The molecule has 34 heavy (non-hydrogen) atoms. The third kappa shape index (κ3) is 6.36. The minimum Gasteiger partial charge on any atom is -0.497 e. The molecule has 0 radical (unpaired) electrons. The first-order valence-electron chi connectivity index (χ1n) is 10.9. The maximum absolute atomic E-state index is 12.7. The zero-order chi connectivity index (χ0) is 24.5. The first-order chi connectivity index (χ1) is 16.5. The molecule has 9 nitrogen and oxygen atoms in total. The first kappa shape index (κ1) is 25.3. The van der Waals surface area contributed by atoms with Gasteiger partial charge in [-0.05, 0) is 61.1 Å². The van der Waals surface area contributed by atoms with E-state index in [9.17, 15) is 4.79 Å². The summed E-state index contributed by atoms with van der Waals surface area (Å²) in [5, 5.41) is 10.2. The molecule has 0 spiro atoms. The molecule has 1 unspecified atom stereocenters. The van der Waals surface area contributed by atoms with E-state index in [4.69, 9.17) is 31.2 Å². The van der Waals surface area contributed by atoms with Crippen molar-refractivity contribution >= 4 is 18.1 Å². The summed E-state index contributed by atoms with van der Waals surface area (Å²) < 4.78 is 23.6. The molecule has 2 aromatic carbocycles. The highest BCUT2D eigenvalue weighted by Crippen LogP contribution is 2.30. The molecule has 0 bridgehead atoms. The number of nitrogens with one attached hydrogen (secondary N) is 2. The van der Waals surface area contributed by atoms with Gasteiger partial charge in [-0.3, -0.25) is 14.5 Å². The Labute approximate surface area is 204 Å². The summed E-state index contributed by atoms with van der Waals surface area (Å²) in [6.07, 6.45) is 0.247. The van der Waals surface area contributed by atoms with Crippen LogP contribution in [-0.2, 0) is 16.1 Å². The third-order valence-corrected chi connectivity index (χ3v) is 5.59. The fourth-order valence-electron chi connectivity index (χ4n) is 3.40. The number of H-pyrrole nitrogens is 1. The number of aromatic nitrogens is 3. The molecule has 1 aromatic heterocycles. The topological polar surface area (TPSA) is 99.6 Å². The Hall–Kier alpha value is -3.37. The molecule has 1 amide bonds. The Bertz CT molecular complexity index is 1140. The van der Waals surface area contributed by atoms with Crippen molar-refractivity contribution in [2.45, 2.75) is 25.9 Å². The van der Waals surface area contributed by atoms with Gasteiger partial charge in [0.2, 0.25) is 5.91 Å². The molecular formula is C24H30N4O5S. The number of carbonyl (C=O) groups is 1. The van der Waals surface area contributed by atoms with E-state index in [0.29, 0.717) is 41.9 Å². The normalized spacial score (nSPS) is 11.6. The van der Waals surface area contributed by atoms with Gasteiger partial charge < -0.3 is 24.3 Å². The van der Waals surface area contributed by atoms with Crippen molar-refractivity contribution in [2.75, 3.05) is 34.5 Å². The van der Waals surface area contributed by atoms with Crippen molar-refractivity contribution in [1.29, 1.82) is 0 Å². The van der Waals surface area contributed by atoms with Crippen LogP contribution in [0, 0.1) is 4.77 Å². The highest BCUT2D eigenvalue weighted by molar-refractivity contribution is 7.71. The molecule has 0 saturated carbocycles. The lowest BCUT2D eigenvalue weighted by Gasteiger charge is -2.17. The predicted octanol–water partition coefficient (Wildman–Crippen LogP) is 3.92. The van der Waals surface area contributed by atoms with Crippen LogP contribution in [-0.4, -0.2) is 55.2 Å². The molecular weight excluding hydrogens is 456 g/mol. The summed E-state index contributed by atoms with van der Waals surface area (Å²) in [6.45, 7) is 3.22. The number of aromatic amines is 1. The van der Waals surface area contributed by atoms with Crippen LogP contribution in [0.1, 0.15) is 24.9 Å². The molecule has 0 aliphatic rings. The van der Waals surface area contributed by atoms with Gasteiger partial charge in [-0.2, -0.15) is 5.10 Å². The summed E-state index contributed by atoms with van der Waals surface area (Å²) in [5.74, 6) is 2.55. The van der Waals surface area contributed by atoms with Crippen molar-refractivity contribution in [3.63, 3.8) is 0 Å². The SMILES string of the molecule is COCCOc1ccc(C(C)NC(=O)CCn2c(-c3ccc(OC)cc3)n[nH]c2=S)cc1OC. The molecule has 0 aliphatic heterocycles. The van der Waals surface area contributed by atoms with Gasteiger partial charge >= 0.3 is 0 Å². The van der Waals surface area contributed by atoms with Crippen molar-refractivity contribution in [3.05, 3.63) is 52.8 Å². The summed E-state index contributed by atoms with van der Waals surface area (Å²) in [6, 6.07) is 12.9. The Morgan fingerprint density at radius 1 is 1.09 bits per heavy atom. The highest BCUT2D eigenvalue weighted by Gasteiger charge is 2.15. The van der Waals surface area contributed by atoms with Gasteiger partial charge in [0.05, 0.1) is 26.9 Å². The number of ether oxygens (including phenoxy) is 4. The maximum atomic E-state index is 12.7. The van der Waals surface area contributed by atoms with E-state index < -0.39 is 0 Å². The van der Waals surface area contributed by atoms with E-state index in [0.717, 1.165) is 16.9 Å². The second-order valence-electron chi connectivity index (χ2n) is 7.52. The van der Waals surface area contributed by atoms with Crippen LogP contribution in [0.5, 0.6) is 17.2 Å². The molecule has 3 rings (SSSR count). The van der Waals surface area contributed by atoms with Gasteiger partial charge in [-0.1, -0.05) is 6.07 Å². The number of benzene rings is 2. The summed E-state index contributed by atoms with van der Waals surface area (Å²) >= 11 is 5.37. The van der Waals surface area contributed by atoms with Crippen LogP contribution >= 0.6 is 12.2 Å². The molecule has 10 heteroatoms. The molecule has 3 aromatic rings. The van der Waals surface area contributed by atoms with Crippen LogP contribution in [0.25, 0.3) is 11.4 Å².